The fourth-order valence-corrected chi connectivity index (χ4v) is 4.50. The maximum Gasteiger partial charge on any atom is 0.235 e. The Bertz CT molecular complexity index is 1050. The normalized spacial score (nSPS) is 15.4. The summed E-state index contributed by atoms with van der Waals surface area (Å²) in [6.07, 6.45) is 2.23. The fraction of sp³-hybridized carbons (Fsp3) is 0.296. The molecule has 1 aliphatic heterocycles. The van der Waals surface area contributed by atoms with Gasteiger partial charge in [0.1, 0.15) is 17.4 Å². The molecule has 0 spiro atoms. The Morgan fingerprint density at radius 3 is 2.03 bits per heavy atom. The highest BCUT2D eigenvalue weighted by molar-refractivity contribution is 5.92. The molecule has 0 radical (unpaired) electrons. The Hall–Kier alpha value is -3.25. The molecule has 1 amide bonds. The molecule has 4 rings (SSSR count). The molecule has 33 heavy (non-hydrogen) atoms. The van der Waals surface area contributed by atoms with Gasteiger partial charge in [0.15, 0.2) is 0 Å². The van der Waals surface area contributed by atoms with E-state index >= 15 is 0 Å². The van der Waals surface area contributed by atoms with E-state index in [2.05, 4.69) is 10.2 Å². The molecule has 172 valence electrons. The van der Waals surface area contributed by atoms with Crippen molar-refractivity contribution >= 4 is 5.91 Å². The monoisotopic (exact) mass is 450 g/mol. The summed E-state index contributed by atoms with van der Waals surface area (Å²) in [5, 5.41) is 13.2. The maximum absolute atomic E-state index is 13.9. The number of rotatable bonds is 7. The van der Waals surface area contributed by atoms with Crippen LogP contribution >= 0.6 is 0 Å². The molecule has 1 saturated heterocycles. The van der Waals surface area contributed by atoms with Crippen LogP contribution < -0.4 is 5.32 Å². The minimum atomic E-state index is -1.18. The number of likely N-dealkylation sites (tertiary alicyclic amines) is 1. The van der Waals surface area contributed by atoms with Crippen LogP contribution in [0.15, 0.2) is 72.8 Å². The van der Waals surface area contributed by atoms with Crippen LogP contribution in [0.25, 0.3) is 0 Å². The first kappa shape index (κ1) is 22.9. The van der Waals surface area contributed by atoms with Crippen molar-refractivity contribution in [3.8, 4) is 5.75 Å². The molecular formula is C27H28F2N2O2. The van der Waals surface area contributed by atoms with Gasteiger partial charge in [0, 0.05) is 6.54 Å². The highest BCUT2D eigenvalue weighted by Gasteiger charge is 2.38. The fourth-order valence-electron chi connectivity index (χ4n) is 4.50. The van der Waals surface area contributed by atoms with Gasteiger partial charge in [0.05, 0.1) is 11.5 Å². The number of hydrogen-bond donors (Lipinski definition) is 2. The number of carbonyl (C=O) groups is 1. The van der Waals surface area contributed by atoms with E-state index in [1.54, 1.807) is 49.4 Å². The molecule has 1 fully saturated rings. The first-order chi connectivity index (χ1) is 15.9. The van der Waals surface area contributed by atoms with Crippen LogP contribution in [0.5, 0.6) is 5.75 Å². The third kappa shape index (κ3) is 5.06. The first-order valence-electron chi connectivity index (χ1n) is 11.2. The topological polar surface area (TPSA) is 52.6 Å². The summed E-state index contributed by atoms with van der Waals surface area (Å²) in [5.74, 6) is -0.944. The van der Waals surface area contributed by atoms with Crippen molar-refractivity contribution in [2.75, 3.05) is 19.6 Å². The van der Waals surface area contributed by atoms with Crippen LogP contribution in [-0.2, 0) is 10.2 Å². The van der Waals surface area contributed by atoms with Gasteiger partial charge in [-0.2, -0.15) is 0 Å². The summed E-state index contributed by atoms with van der Waals surface area (Å²) in [4.78, 5) is 16.2. The zero-order chi connectivity index (χ0) is 23.4. The Labute approximate surface area is 192 Å². The van der Waals surface area contributed by atoms with Gasteiger partial charge in [0.2, 0.25) is 5.91 Å². The van der Waals surface area contributed by atoms with Crippen molar-refractivity contribution in [2.45, 2.75) is 31.2 Å². The third-order valence-corrected chi connectivity index (χ3v) is 6.51. The molecule has 4 nitrogen and oxygen atoms in total. The number of nitrogens with zero attached hydrogens (tertiary/aromatic N) is 1. The van der Waals surface area contributed by atoms with Crippen LogP contribution in [0, 0.1) is 11.6 Å². The number of nitrogens with one attached hydrogen (secondary N) is 1. The molecular weight excluding hydrogens is 422 g/mol. The van der Waals surface area contributed by atoms with E-state index in [1.165, 1.54) is 24.3 Å². The lowest BCUT2D eigenvalue weighted by atomic mass is 9.75. The van der Waals surface area contributed by atoms with Gasteiger partial charge in [-0.15, -0.1) is 0 Å². The molecule has 1 aliphatic rings. The summed E-state index contributed by atoms with van der Waals surface area (Å²) in [5.41, 5.74) is 0.824. The lowest BCUT2D eigenvalue weighted by molar-refractivity contribution is -0.125. The van der Waals surface area contributed by atoms with Gasteiger partial charge < -0.3 is 15.3 Å². The van der Waals surface area contributed by atoms with Crippen molar-refractivity contribution in [1.29, 1.82) is 0 Å². The number of benzene rings is 3. The zero-order valence-corrected chi connectivity index (χ0v) is 18.6. The Kier molecular flexibility index (Phi) is 6.75. The van der Waals surface area contributed by atoms with E-state index in [0.29, 0.717) is 17.7 Å². The molecule has 3 aromatic carbocycles. The number of phenols is 1. The van der Waals surface area contributed by atoms with Gasteiger partial charge in [-0.1, -0.05) is 36.4 Å². The molecule has 1 heterocycles. The second kappa shape index (κ2) is 9.71. The molecule has 0 aromatic heterocycles. The van der Waals surface area contributed by atoms with E-state index < -0.39 is 17.0 Å². The molecule has 2 N–H and O–H groups in total. The predicted octanol–water partition coefficient (Wildman–Crippen LogP) is 4.93. The minimum absolute atomic E-state index is 0.132. The number of carbonyl (C=O) groups excluding carboxylic acids is 1. The van der Waals surface area contributed by atoms with E-state index in [9.17, 15) is 18.7 Å². The molecule has 0 unspecified atom stereocenters. The lowest BCUT2D eigenvalue weighted by Crippen LogP contribution is -2.47. The summed E-state index contributed by atoms with van der Waals surface area (Å²) >= 11 is 0. The number of amides is 1. The standard InChI is InChI=1S/C27H28F2N2O2/c1-27(20-7-11-22(28)12-8-20,21-9-13-23(29)14-10-21)26(33)30-25(18-31-15-2-3-16-31)19-5-4-6-24(32)17-19/h4-14,17,25,32H,2-3,15-16,18H2,1H3,(H,30,33)/t25-/m1/s1. The van der Waals surface area contributed by atoms with Gasteiger partial charge in [-0.25, -0.2) is 8.78 Å². The number of hydrogen-bond acceptors (Lipinski definition) is 3. The zero-order valence-electron chi connectivity index (χ0n) is 18.6. The summed E-state index contributed by atoms with van der Waals surface area (Å²) in [7, 11) is 0. The van der Waals surface area contributed by atoms with Crippen LogP contribution in [0.3, 0.4) is 0 Å². The lowest BCUT2D eigenvalue weighted by Gasteiger charge is -2.33. The van der Waals surface area contributed by atoms with E-state index in [0.717, 1.165) is 31.5 Å². The van der Waals surface area contributed by atoms with Crippen LogP contribution in [0.4, 0.5) is 8.78 Å². The highest BCUT2D eigenvalue weighted by Crippen LogP contribution is 2.34. The smallest absolute Gasteiger partial charge is 0.235 e. The van der Waals surface area contributed by atoms with Crippen molar-refractivity contribution in [1.82, 2.24) is 10.2 Å². The Balaban J connectivity index is 1.71. The van der Waals surface area contributed by atoms with Gasteiger partial charge in [-0.3, -0.25) is 4.79 Å². The Morgan fingerprint density at radius 2 is 1.52 bits per heavy atom. The molecule has 0 bridgehead atoms. The molecule has 1 atom stereocenters. The largest absolute Gasteiger partial charge is 0.508 e. The van der Waals surface area contributed by atoms with Crippen molar-refractivity contribution in [3.05, 3.63) is 101 Å². The number of halogens is 2. The number of aromatic hydroxyl groups is 1. The Morgan fingerprint density at radius 1 is 0.970 bits per heavy atom. The van der Waals surface area contributed by atoms with Crippen molar-refractivity contribution in [2.24, 2.45) is 0 Å². The van der Waals surface area contributed by atoms with Crippen molar-refractivity contribution < 1.29 is 18.7 Å². The van der Waals surface area contributed by atoms with Gasteiger partial charge in [-0.05, 0) is 85.9 Å². The second-order valence-corrected chi connectivity index (χ2v) is 8.77. The van der Waals surface area contributed by atoms with Crippen LogP contribution in [-0.4, -0.2) is 35.5 Å². The first-order valence-corrected chi connectivity index (χ1v) is 11.2. The summed E-state index contributed by atoms with van der Waals surface area (Å²) < 4.78 is 27.3. The average molecular weight is 451 g/mol. The number of phenolic OH excluding ortho intramolecular Hbond substituents is 1. The van der Waals surface area contributed by atoms with Gasteiger partial charge in [0.25, 0.3) is 0 Å². The average Bonchev–Trinajstić information content (AvgIpc) is 3.32. The van der Waals surface area contributed by atoms with Crippen LogP contribution in [0.1, 0.15) is 42.5 Å². The maximum atomic E-state index is 13.9. The predicted molar refractivity (Wildman–Crippen MR) is 124 cm³/mol. The summed E-state index contributed by atoms with van der Waals surface area (Å²) in [6.45, 7) is 4.28. The van der Waals surface area contributed by atoms with Crippen molar-refractivity contribution in [3.63, 3.8) is 0 Å². The van der Waals surface area contributed by atoms with E-state index in [-0.39, 0.29) is 17.7 Å². The SMILES string of the molecule is CC(C(=O)N[C@H](CN1CCCC1)c1cccc(O)c1)(c1ccc(F)cc1)c1ccc(F)cc1. The minimum Gasteiger partial charge on any atom is -0.508 e. The summed E-state index contributed by atoms with van der Waals surface area (Å²) in [6, 6.07) is 18.2. The van der Waals surface area contributed by atoms with Gasteiger partial charge >= 0.3 is 0 Å². The molecule has 6 heteroatoms. The van der Waals surface area contributed by atoms with E-state index in [1.807, 2.05) is 6.07 Å². The second-order valence-electron chi connectivity index (χ2n) is 8.77. The third-order valence-electron chi connectivity index (χ3n) is 6.51. The molecule has 3 aromatic rings. The molecule has 0 saturated carbocycles. The van der Waals surface area contributed by atoms with E-state index in [4.69, 9.17) is 0 Å². The highest BCUT2D eigenvalue weighted by atomic mass is 19.1. The quantitative estimate of drug-likeness (QED) is 0.537. The van der Waals surface area contributed by atoms with Crippen LogP contribution in [0.2, 0.25) is 0 Å². The molecule has 0 aliphatic carbocycles.